The van der Waals surface area contributed by atoms with Crippen molar-refractivity contribution in [2.45, 2.75) is 38.3 Å². The fraction of sp³-hybridized carbons (Fsp3) is 0.667. The molecule has 3 rings (SSSR count). The highest BCUT2D eigenvalue weighted by molar-refractivity contribution is 5.75. The Morgan fingerprint density at radius 1 is 1.44 bits per heavy atom. The molecule has 0 radical (unpaired) electrons. The second kappa shape index (κ2) is 3.70. The molecule has 1 aliphatic carbocycles. The molecule has 2 aliphatic rings. The van der Waals surface area contributed by atoms with Gasteiger partial charge in [-0.1, -0.05) is 0 Å². The molecule has 1 saturated carbocycles. The molecule has 86 valence electrons. The topological polar surface area (TPSA) is 38.1 Å². The molecule has 0 spiro atoms. The highest BCUT2D eigenvalue weighted by Crippen LogP contribution is 2.34. The maximum atomic E-state index is 11.2. The van der Waals surface area contributed by atoms with Crippen molar-refractivity contribution in [3.8, 4) is 0 Å². The third-order valence-electron chi connectivity index (χ3n) is 3.82. The lowest BCUT2D eigenvalue weighted by molar-refractivity contribution is 0.110. The summed E-state index contributed by atoms with van der Waals surface area (Å²) in [5.74, 6) is 0. The average Bonchev–Trinajstić information content (AvgIpc) is 2.52. The lowest BCUT2D eigenvalue weighted by atomic mass is 9.93. The van der Waals surface area contributed by atoms with Crippen molar-refractivity contribution in [2.75, 3.05) is 13.6 Å². The number of carbonyl (C=O) groups is 1. The first-order chi connectivity index (χ1) is 7.79. The third-order valence-corrected chi connectivity index (χ3v) is 3.82. The molecule has 0 N–H and O–H groups in total. The van der Waals surface area contributed by atoms with Crippen LogP contribution in [-0.2, 0) is 13.0 Å². The SMILES string of the molecule is CN1CCc2nn(C3CCC3)c(C=O)c2C1. The Hall–Kier alpha value is -1.16. The van der Waals surface area contributed by atoms with E-state index in [1.54, 1.807) is 0 Å². The molecule has 0 aromatic carbocycles. The van der Waals surface area contributed by atoms with Crippen LogP contribution in [0.3, 0.4) is 0 Å². The fourth-order valence-electron chi connectivity index (χ4n) is 2.58. The van der Waals surface area contributed by atoms with E-state index in [1.807, 2.05) is 4.68 Å². The maximum absolute atomic E-state index is 11.2. The number of aldehydes is 1. The first-order valence-electron chi connectivity index (χ1n) is 6.03. The van der Waals surface area contributed by atoms with Crippen molar-refractivity contribution >= 4 is 6.29 Å². The molecule has 4 nitrogen and oxygen atoms in total. The van der Waals surface area contributed by atoms with E-state index in [0.717, 1.165) is 42.7 Å². The van der Waals surface area contributed by atoms with Gasteiger partial charge in [0.2, 0.25) is 0 Å². The van der Waals surface area contributed by atoms with Gasteiger partial charge in [-0.25, -0.2) is 0 Å². The molecule has 1 fully saturated rings. The van der Waals surface area contributed by atoms with Gasteiger partial charge in [0, 0.05) is 25.1 Å². The van der Waals surface area contributed by atoms with Crippen molar-refractivity contribution in [1.82, 2.24) is 14.7 Å². The van der Waals surface area contributed by atoms with Gasteiger partial charge in [-0.05, 0) is 26.3 Å². The van der Waals surface area contributed by atoms with Gasteiger partial charge in [0.1, 0.15) is 5.69 Å². The van der Waals surface area contributed by atoms with Crippen LogP contribution < -0.4 is 0 Å². The number of nitrogens with zero attached hydrogens (tertiary/aromatic N) is 3. The number of carbonyl (C=O) groups excluding carboxylic acids is 1. The Bertz CT molecular complexity index is 420. The zero-order valence-electron chi connectivity index (χ0n) is 9.65. The van der Waals surface area contributed by atoms with Crippen molar-refractivity contribution in [2.24, 2.45) is 0 Å². The predicted octanol–water partition coefficient (Wildman–Crippen LogP) is 1.41. The van der Waals surface area contributed by atoms with Gasteiger partial charge >= 0.3 is 0 Å². The molecular formula is C12H17N3O. The van der Waals surface area contributed by atoms with E-state index >= 15 is 0 Å². The van der Waals surface area contributed by atoms with Crippen molar-refractivity contribution < 1.29 is 4.79 Å². The standard InChI is InChI=1S/C12H17N3O/c1-14-6-5-11-10(7-14)12(8-16)15(13-11)9-3-2-4-9/h8-9H,2-7H2,1H3. The highest BCUT2D eigenvalue weighted by Gasteiger charge is 2.28. The molecule has 1 aromatic heterocycles. The van der Waals surface area contributed by atoms with E-state index in [1.165, 1.54) is 19.3 Å². The third kappa shape index (κ3) is 1.40. The molecule has 0 atom stereocenters. The predicted molar refractivity (Wildman–Crippen MR) is 60.5 cm³/mol. The smallest absolute Gasteiger partial charge is 0.168 e. The van der Waals surface area contributed by atoms with E-state index in [4.69, 9.17) is 0 Å². The number of hydrogen-bond acceptors (Lipinski definition) is 3. The zero-order valence-corrected chi connectivity index (χ0v) is 9.65. The van der Waals surface area contributed by atoms with Crippen LogP contribution in [0.5, 0.6) is 0 Å². The molecule has 0 bridgehead atoms. The molecule has 0 saturated heterocycles. The Balaban J connectivity index is 2.02. The summed E-state index contributed by atoms with van der Waals surface area (Å²) in [6, 6.07) is 0.483. The van der Waals surface area contributed by atoms with Gasteiger partial charge < -0.3 is 4.90 Å². The van der Waals surface area contributed by atoms with Crippen LogP contribution in [0.25, 0.3) is 0 Å². The zero-order chi connectivity index (χ0) is 11.1. The van der Waals surface area contributed by atoms with Gasteiger partial charge in [0.15, 0.2) is 6.29 Å². The van der Waals surface area contributed by atoms with Crippen LogP contribution in [-0.4, -0.2) is 34.6 Å². The van der Waals surface area contributed by atoms with Crippen LogP contribution in [0.4, 0.5) is 0 Å². The minimum absolute atomic E-state index is 0.483. The quantitative estimate of drug-likeness (QED) is 0.706. The lowest BCUT2D eigenvalue weighted by Gasteiger charge is -2.26. The van der Waals surface area contributed by atoms with Gasteiger partial charge in [-0.3, -0.25) is 9.48 Å². The van der Waals surface area contributed by atoms with Crippen LogP contribution >= 0.6 is 0 Å². The minimum Gasteiger partial charge on any atom is -0.302 e. The number of likely N-dealkylation sites (N-methyl/N-ethyl adjacent to an activating group) is 1. The Morgan fingerprint density at radius 3 is 2.88 bits per heavy atom. The molecule has 4 heteroatoms. The minimum atomic E-state index is 0.483. The summed E-state index contributed by atoms with van der Waals surface area (Å²) in [7, 11) is 2.10. The first-order valence-corrected chi connectivity index (χ1v) is 6.03. The Kier molecular flexibility index (Phi) is 2.32. The summed E-state index contributed by atoms with van der Waals surface area (Å²) in [4.78, 5) is 13.5. The van der Waals surface area contributed by atoms with Crippen molar-refractivity contribution in [1.29, 1.82) is 0 Å². The van der Waals surface area contributed by atoms with E-state index in [2.05, 4.69) is 17.0 Å². The fourth-order valence-corrected chi connectivity index (χ4v) is 2.58. The monoisotopic (exact) mass is 219 g/mol. The highest BCUT2D eigenvalue weighted by atomic mass is 16.1. The summed E-state index contributed by atoms with van der Waals surface area (Å²) in [5, 5.41) is 4.64. The summed E-state index contributed by atoms with van der Waals surface area (Å²) in [5.41, 5.74) is 3.13. The number of fused-ring (bicyclic) bond motifs is 1. The van der Waals surface area contributed by atoms with Crippen molar-refractivity contribution in [3.63, 3.8) is 0 Å². The van der Waals surface area contributed by atoms with Crippen LogP contribution in [0, 0.1) is 0 Å². The normalized spacial score (nSPS) is 21.6. The van der Waals surface area contributed by atoms with E-state index in [9.17, 15) is 4.79 Å². The lowest BCUT2D eigenvalue weighted by Crippen LogP contribution is -2.26. The molecular weight excluding hydrogens is 202 g/mol. The molecule has 0 amide bonds. The Labute approximate surface area is 95.2 Å². The van der Waals surface area contributed by atoms with Crippen LogP contribution in [0.2, 0.25) is 0 Å². The summed E-state index contributed by atoms with van der Waals surface area (Å²) >= 11 is 0. The molecule has 0 unspecified atom stereocenters. The number of aromatic nitrogens is 2. The Morgan fingerprint density at radius 2 is 2.25 bits per heavy atom. The maximum Gasteiger partial charge on any atom is 0.168 e. The van der Waals surface area contributed by atoms with E-state index < -0.39 is 0 Å². The van der Waals surface area contributed by atoms with Gasteiger partial charge in [0.25, 0.3) is 0 Å². The van der Waals surface area contributed by atoms with Crippen LogP contribution in [0.15, 0.2) is 0 Å². The average molecular weight is 219 g/mol. The second-order valence-corrected chi connectivity index (χ2v) is 4.95. The molecule has 1 aromatic rings. The first kappa shape index (κ1) is 10.0. The number of hydrogen-bond donors (Lipinski definition) is 0. The summed E-state index contributed by atoms with van der Waals surface area (Å²) in [6.07, 6.45) is 5.59. The molecule has 1 aliphatic heterocycles. The second-order valence-electron chi connectivity index (χ2n) is 4.95. The van der Waals surface area contributed by atoms with Crippen LogP contribution in [0.1, 0.15) is 47.1 Å². The van der Waals surface area contributed by atoms with Gasteiger partial charge in [0.05, 0.1) is 11.7 Å². The molecule has 2 heterocycles. The van der Waals surface area contributed by atoms with E-state index in [-0.39, 0.29) is 0 Å². The number of rotatable bonds is 2. The summed E-state index contributed by atoms with van der Waals surface area (Å²) in [6.45, 7) is 1.92. The van der Waals surface area contributed by atoms with Gasteiger partial charge in [-0.2, -0.15) is 5.10 Å². The molecule has 16 heavy (non-hydrogen) atoms. The largest absolute Gasteiger partial charge is 0.302 e. The summed E-state index contributed by atoms with van der Waals surface area (Å²) < 4.78 is 1.99. The van der Waals surface area contributed by atoms with Crippen molar-refractivity contribution in [3.05, 3.63) is 17.0 Å². The van der Waals surface area contributed by atoms with E-state index in [0.29, 0.717) is 6.04 Å². The van der Waals surface area contributed by atoms with Gasteiger partial charge in [-0.15, -0.1) is 0 Å².